The summed E-state index contributed by atoms with van der Waals surface area (Å²) in [6, 6.07) is 5.58. The lowest BCUT2D eigenvalue weighted by molar-refractivity contribution is 0.0951. The van der Waals surface area contributed by atoms with Gasteiger partial charge in [-0.25, -0.2) is 0 Å². The Kier molecular flexibility index (Phi) is 3.85. The van der Waals surface area contributed by atoms with Crippen LogP contribution in [0.1, 0.15) is 36.0 Å². The van der Waals surface area contributed by atoms with E-state index in [1.165, 1.54) is 25.7 Å². The van der Waals surface area contributed by atoms with Crippen LogP contribution in [0.2, 0.25) is 0 Å². The maximum Gasteiger partial charge on any atom is 0.253 e. The van der Waals surface area contributed by atoms with Gasteiger partial charge in [-0.3, -0.25) is 4.79 Å². The second-order valence-electron chi connectivity index (χ2n) is 5.78. The first-order valence-corrected chi connectivity index (χ1v) is 8.56. The van der Waals surface area contributed by atoms with E-state index in [0.29, 0.717) is 11.3 Å². The summed E-state index contributed by atoms with van der Waals surface area (Å²) < 4.78 is 0.228. The zero-order valence-corrected chi connectivity index (χ0v) is 13.1. The molecule has 0 radical (unpaired) electrons. The van der Waals surface area contributed by atoms with Crippen LogP contribution < -0.4 is 11.1 Å². The normalized spacial score (nSPS) is 17.2. The number of hydrogen-bond acceptors (Lipinski definition) is 3. The standard InChI is InChI=1S/C16H21N3OS/c1-21-16(6-2-3-7-16)10-19-15(20)13-9-18-14-8-11(17)4-5-12(13)14/h4-5,8-9,18H,2-3,6-7,10,17H2,1H3,(H,19,20). The molecule has 1 amide bonds. The largest absolute Gasteiger partial charge is 0.399 e. The summed E-state index contributed by atoms with van der Waals surface area (Å²) in [5, 5.41) is 4.04. The summed E-state index contributed by atoms with van der Waals surface area (Å²) in [4.78, 5) is 15.6. The summed E-state index contributed by atoms with van der Waals surface area (Å²) in [6.45, 7) is 0.745. The summed E-state index contributed by atoms with van der Waals surface area (Å²) in [5.41, 5.74) is 8.06. The molecule has 0 bridgehead atoms. The van der Waals surface area contributed by atoms with Crippen molar-refractivity contribution in [2.75, 3.05) is 18.5 Å². The smallest absolute Gasteiger partial charge is 0.253 e. The molecule has 1 aromatic heterocycles. The van der Waals surface area contributed by atoms with E-state index in [-0.39, 0.29) is 10.7 Å². The van der Waals surface area contributed by atoms with Crippen molar-refractivity contribution < 1.29 is 4.79 Å². The number of nitrogen functional groups attached to an aromatic ring is 1. The van der Waals surface area contributed by atoms with Gasteiger partial charge in [-0.2, -0.15) is 11.8 Å². The SMILES string of the molecule is CSC1(CNC(=O)c2c[nH]c3cc(N)ccc23)CCCC1. The Morgan fingerprint density at radius 3 is 2.90 bits per heavy atom. The minimum Gasteiger partial charge on any atom is -0.399 e. The van der Waals surface area contributed by atoms with Gasteiger partial charge < -0.3 is 16.0 Å². The number of rotatable bonds is 4. The van der Waals surface area contributed by atoms with Crippen molar-refractivity contribution >= 4 is 34.3 Å². The van der Waals surface area contributed by atoms with E-state index in [4.69, 9.17) is 5.73 Å². The van der Waals surface area contributed by atoms with Crippen LogP contribution in [0, 0.1) is 0 Å². The number of thioether (sulfide) groups is 1. The van der Waals surface area contributed by atoms with E-state index in [9.17, 15) is 4.79 Å². The number of amides is 1. The topological polar surface area (TPSA) is 70.9 Å². The number of carbonyl (C=O) groups is 1. The lowest BCUT2D eigenvalue weighted by Crippen LogP contribution is -2.38. The third-order valence-electron chi connectivity index (χ3n) is 4.47. The van der Waals surface area contributed by atoms with Crippen molar-refractivity contribution in [3.8, 4) is 0 Å². The van der Waals surface area contributed by atoms with Crippen LogP contribution in [0.25, 0.3) is 10.9 Å². The molecule has 0 spiro atoms. The average molecular weight is 303 g/mol. The Hall–Kier alpha value is -1.62. The van der Waals surface area contributed by atoms with Gasteiger partial charge in [-0.15, -0.1) is 0 Å². The molecule has 0 aliphatic heterocycles. The van der Waals surface area contributed by atoms with Crippen LogP contribution in [0.3, 0.4) is 0 Å². The number of benzene rings is 1. The van der Waals surface area contributed by atoms with E-state index in [0.717, 1.165) is 17.4 Å². The molecular formula is C16H21N3OS. The Balaban J connectivity index is 1.75. The fraction of sp³-hybridized carbons (Fsp3) is 0.438. The molecule has 1 heterocycles. The molecule has 4 N–H and O–H groups in total. The molecular weight excluding hydrogens is 282 g/mol. The number of fused-ring (bicyclic) bond motifs is 1. The monoisotopic (exact) mass is 303 g/mol. The highest BCUT2D eigenvalue weighted by Crippen LogP contribution is 2.39. The van der Waals surface area contributed by atoms with Crippen LogP contribution in [-0.4, -0.2) is 28.4 Å². The molecule has 0 saturated heterocycles. The Bertz CT molecular complexity index is 659. The van der Waals surface area contributed by atoms with Gasteiger partial charge in [0, 0.05) is 34.1 Å². The van der Waals surface area contributed by atoms with E-state index in [1.54, 1.807) is 6.20 Å². The van der Waals surface area contributed by atoms with Gasteiger partial charge in [0.25, 0.3) is 5.91 Å². The molecule has 1 aliphatic rings. The summed E-state index contributed by atoms with van der Waals surface area (Å²) in [5.74, 6) is -0.00801. The maximum atomic E-state index is 12.4. The summed E-state index contributed by atoms with van der Waals surface area (Å²) in [7, 11) is 0. The first-order chi connectivity index (χ1) is 10.1. The minimum absolute atomic E-state index is 0.00801. The van der Waals surface area contributed by atoms with Gasteiger partial charge in [-0.1, -0.05) is 12.8 Å². The summed E-state index contributed by atoms with van der Waals surface area (Å²) in [6.07, 6.45) is 8.83. The Labute approximate surface area is 128 Å². The Morgan fingerprint density at radius 2 is 2.19 bits per heavy atom. The molecule has 2 aromatic rings. The van der Waals surface area contributed by atoms with Crippen LogP contribution >= 0.6 is 11.8 Å². The predicted octanol–water partition coefficient (Wildman–Crippen LogP) is 3.16. The van der Waals surface area contributed by atoms with Gasteiger partial charge in [0.05, 0.1) is 5.56 Å². The number of aromatic amines is 1. The number of hydrogen-bond donors (Lipinski definition) is 3. The second kappa shape index (κ2) is 5.64. The number of nitrogens with two attached hydrogens (primary N) is 1. The molecule has 1 saturated carbocycles. The van der Waals surface area contributed by atoms with Gasteiger partial charge in [-0.05, 0) is 37.3 Å². The van der Waals surface area contributed by atoms with Gasteiger partial charge in [0.2, 0.25) is 0 Å². The number of H-pyrrole nitrogens is 1. The lowest BCUT2D eigenvalue weighted by Gasteiger charge is -2.26. The number of aromatic nitrogens is 1. The number of carbonyl (C=O) groups excluding carboxylic acids is 1. The van der Waals surface area contributed by atoms with E-state index in [1.807, 2.05) is 30.0 Å². The highest BCUT2D eigenvalue weighted by molar-refractivity contribution is 8.00. The van der Waals surface area contributed by atoms with Gasteiger partial charge in [0.1, 0.15) is 0 Å². The predicted molar refractivity (Wildman–Crippen MR) is 89.8 cm³/mol. The zero-order valence-electron chi connectivity index (χ0n) is 12.2. The first kappa shape index (κ1) is 14.3. The second-order valence-corrected chi connectivity index (χ2v) is 7.06. The van der Waals surface area contributed by atoms with Crippen molar-refractivity contribution in [1.82, 2.24) is 10.3 Å². The van der Waals surface area contributed by atoms with Crippen molar-refractivity contribution in [2.45, 2.75) is 30.4 Å². The summed E-state index contributed by atoms with van der Waals surface area (Å²) >= 11 is 1.89. The average Bonchev–Trinajstić information content (AvgIpc) is 3.11. The highest BCUT2D eigenvalue weighted by atomic mass is 32.2. The van der Waals surface area contributed by atoms with Crippen molar-refractivity contribution in [3.05, 3.63) is 30.0 Å². The zero-order chi connectivity index (χ0) is 14.9. The van der Waals surface area contributed by atoms with E-state index >= 15 is 0 Å². The molecule has 4 nitrogen and oxygen atoms in total. The van der Waals surface area contributed by atoms with E-state index in [2.05, 4.69) is 16.6 Å². The van der Waals surface area contributed by atoms with Crippen molar-refractivity contribution in [2.24, 2.45) is 0 Å². The molecule has 3 rings (SSSR count). The lowest BCUT2D eigenvalue weighted by atomic mass is 10.1. The van der Waals surface area contributed by atoms with Crippen molar-refractivity contribution in [3.63, 3.8) is 0 Å². The van der Waals surface area contributed by atoms with Crippen LogP contribution in [0.5, 0.6) is 0 Å². The molecule has 1 aromatic carbocycles. The van der Waals surface area contributed by atoms with Crippen molar-refractivity contribution in [1.29, 1.82) is 0 Å². The quantitative estimate of drug-likeness (QED) is 0.760. The molecule has 0 unspecified atom stereocenters. The van der Waals surface area contributed by atoms with E-state index < -0.39 is 0 Å². The molecule has 5 heteroatoms. The fourth-order valence-electron chi connectivity index (χ4n) is 3.14. The van der Waals surface area contributed by atoms with Crippen LogP contribution in [0.4, 0.5) is 5.69 Å². The maximum absolute atomic E-state index is 12.4. The highest BCUT2D eigenvalue weighted by Gasteiger charge is 2.33. The molecule has 112 valence electrons. The Morgan fingerprint density at radius 1 is 1.43 bits per heavy atom. The third kappa shape index (κ3) is 2.75. The van der Waals surface area contributed by atoms with Crippen LogP contribution in [-0.2, 0) is 0 Å². The third-order valence-corrected chi connectivity index (χ3v) is 5.89. The number of nitrogens with one attached hydrogen (secondary N) is 2. The van der Waals surface area contributed by atoms with Gasteiger partial charge >= 0.3 is 0 Å². The van der Waals surface area contributed by atoms with Gasteiger partial charge in [0.15, 0.2) is 0 Å². The molecule has 1 fully saturated rings. The first-order valence-electron chi connectivity index (χ1n) is 7.33. The fourth-order valence-corrected chi connectivity index (χ4v) is 4.05. The van der Waals surface area contributed by atoms with Crippen LogP contribution in [0.15, 0.2) is 24.4 Å². The molecule has 21 heavy (non-hydrogen) atoms. The molecule has 1 aliphatic carbocycles. The minimum atomic E-state index is -0.00801. The number of anilines is 1. The molecule has 0 atom stereocenters.